The quantitative estimate of drug-likeness (QED) is 0.750. The first-order valence-electron chi connectivity index (χ1n) is 7.04. The molecule has 2 rings (SSSR count). The highest BCUT2D eigenvalue weighted by atomic mass is 16.5. The summed E-state index contributed by atoms with van der Waals surface area (Å²) >= 11 is 0. The molecule has 3 nitrogen and oxygen atoms in total. The number of nitrogens with zero attached hydrogens (tertiary/aromatic N) is 1. The van der Waals surface area contributed by atoms with Crippen LogP contribution in [0.4, 0.5) is 0 Å². The minimum Gasteiger partial charge on any atom is -0.394 e. The van der Waals surface area contributed by atoms with Gasteiger partial charge in [0.15, 0.2) is 0 Å². The fourth-order valence-electron chi connectivity index (χ4n) is 2.11. The maximum Gasteiger partial charge on any atom is 0.0697 e. The molecule has 1 heterocycles. The molecule has 20 heavy (non-hydrogen) atoms. The van der Waals surface area contributed by atoms with Gasteiger partial charge in [-0.25, -0.2) is 0 Å². The Balaban J connectivity index is 1.78. The molecule has 0 aliphatic heterocycles. The number of hydrogen-bond acceptors (Lipinski definition) is 3. The molecule has 0 amide bonds. The van der Waals surface area contributed by atoms with E-state index in [4.69, 9.17) is 9.84 Å². The van der Waals surface area contributed by atoms with Crippen molar-refractivity contribution in [2.75, 3.05) is 19.8 Å². The normalized spacial score (nSPS) is 10.7. The standard InChI is InChI=1S/C17H21NO2/c19-10-12-20-11-2-4-15-5-7-16(8-6-15)13-17-3-1-9-18-14-17/h1,3,5-9,14,19H,2,4,10-13H2. The van der Waals surface area contributed by atoms with E-state index in [-0.39, 0.29) is 6.61 Å². The zero-order valence-corrected chi connectivity index (χ0v) is 11.7. The highest BCUT2D eigenvalue weighted by Crippen LogP contribution is 2.11. The number of aryl methyl sites for hydroxylation is 1. The molecule has 0 unspecified atom stereocenters. The van der Waals surface area contributed by atoms with Gasteiger partial charge in [0.05, 0.1) is 13.2 Å². The van der Waals surface area contributed by atoms with E-state index >= 15 is 0 Å². The van der Waals surface area contributed by atoms with E-state index in [1.807, 2.05) is 12.3 Å². The van der Waals surface area contributed by atoms with E-state index in [1.165, 1.54) is 16.7 Å². The van der Waals surface area contributed by atoms with E-state index in [0.717, 1.165) is 19.3 Å². The lowest BCUT2D eigenvalue weighted by atomic mass is 10.0. The molecule has 0 aliphatic rings. The van der Waals surface area contributed by atoms with Gasteiger partial charge in [-0.2, -0.15) is 0 Å². The van der Waals surface area contributed by atoms with Gasteiger partial charge in [-0.1, -0.05) is 30.3 Å². The van der Waals surface area contributed by atoms with Crippen molar-refractivity contribution in [1.29, 1.82) is 0 Å². The number of aromatic nitrogens is 1. The summed E-state index contributed by atoms with van der Waals surface area (Å²) in [4.78, 5) is 4.13. The average molecular weight is 271 g/mol. The molecule has 0 spiro atoms. The van der Waals surface area contributed by atoms with Crippen molar-refractivity contribution in [2.45, 2.75) is 19.3 Å². The van der Waals surface area contributed by atoms with Crippen molar-refractivity contribution in [1.82, 2.24) is 4.98 Å². The van der Waals surface area contributed by atoms with Crippen molar-refractivity contribution in [2.24, 2.45) is 0 Å². The Hall–Kier alpha value is -1.71. The van der Waals surface area contributed by atoms with Crippen molar-refractivity contribution in [3.05, 3.63) is 65.5 Å². The third-order valence-electron chi connectivity index (χ3n) is 3.14. The Morgan fingerprint density at radius 3 is 2.45 bits per heavy atom. The average Bonchev–Trinajstić information content (AvgIpc) is 2.50. The van der Waals surface area contributed by atoms with Crippen molar-refractivity contribution in [3.63, 3.8) is 0 Å². The number of rotatable bonds is 8. The van der Waals surface area contributed by atoms with Gasteiger partial charge in [0.25, 0.3) is 0 Å². The van der Waals surface area contributed by atoms with Crippen LogP contribution in [0, 0.1) is 0 Å². The van der Waals surface area contributed by atoms with Crippen LogP contribution >= 0.6 is 0 Å². The lowest BCUT2D eigenvalue weighted by molar-refractivity contribution is 0.0909. The fourth-order valence-corrected chi connectivity index (χ4v) is 2.11. The Labute approximate surface area is 120 Å². The molecule has 0 atom stereocenters. The van der Waals surface area contributed by atoms with Crippen LogP contribution in [0.3, 0.4) is 0 Å². The van der Waals surface area contributed by atoms with E-state index in [1.54, 1.807) is 6.20 Å². The number of ether oxygens (including phenoxy) is 1. The van der Waals surface area contributed by atoms with Gasteiger partial charge in [0, 0.05) is 19.0 Å². The Morgan fingerprint density at radius 1 is 0.950 bits per heavy atom. The van der Waals surface area contributed by atoms with Gasteiger partial charge < -0.3 is 9.84 Å². The van der Waals surface area contributed by atoms with Crippen LogP contribution < -0.4 is 0 Å². The van der Waals surface area contributed by atoms with Gasteiger partial charge in [0.2, 0.25) is 0 Å². The van der Waals surface area contributed by atoms with E-state index in [9.17, 15) is 0 Å². The monoisotopic (exact) mass is 271 g/mol. The molecule has 1 N–H and O–H groups in total. The van der Waals surface area contributed by atoms with Gasteiger partial charge in [0.1, 0.15) is 0 Å². The fraction of sp³-hybridized carbons (Fsp3) is 0.353. The molecule has 0 radical (unpaired) electrons. The first-order valence-corrected chi connectivity index (χ1v) is 7.04. The third-order valence-corrected chi connectivity index (χ3v) is 3.14. The van der Waals surface area contributed by atoms with E-state index in [0.29, 0.717) is 13.2 Å². The summed E-state index contributed by atoms with van der Waals surface area (Å²) in [5, 5.41) is 8.60. The SMILES string of the molecule is OCCOCCCc1ccc(Cc2cccnc2)cc1. The highest BCUT2D eigenvalue weighted by molar-refractivity contribution is 5.27. The first-order chi connectivity index (χ1) is 9.88. The molecule has 3 heteroatoms. The number of aliphatic hydroxyl groups excluding tert-OH is 1. The summed E-state index contributed by atoms with van der Waals surface area (Å²) in [5.41, 5.74) is 3.86. The van der Waals surface area contributed by atoms with Crippen LogP contribution in [0.15, 0.2) is 48.8 Å². The van der Waals surface area contributed by atoms with Crippen LogP contribution in [-0.2, 0) is 17.6 Å². The highest BCUT2D eigenvalue weighted by Gasteiger charge is 1.98. The summed E-state index contributed by atoms with van der Waals surface area (Å²) in [5.74, 6) is 0. The first kappa shape index (κ1) is 14.7. The second kappa shape index (κ2) is 8.46. The molecule has 0 fully saturated rings. The smallest absolute Gasteiger partial charge is 0.0697 e. The Morgan fingerprint density at radius 2 is 1.75 bits per heavy atom. The van der Waals surface area contributed by atoms with E-state index in [2.05, 4.69) is 35.3 Å². The third kappa shape index (κ3) is 5.11. The summed E-state index contributed by atoms with van der Waals surface area (Å²) in [7, 11) is 0. The van der Waals surface area contributed by atoms with Crippen LogP contribution in [-0.4, -0.2) is 29.9 Å². The van der Waals surface area contributed by atoms with Crippen LogP contribution in [0.1, 0.15) is 23.1 Å². The molecule has 0 aliphatic carbocycles. The number of benzene rings is 1. The molecule has 1 aromatic carbocycles. The maximum atomic E-state index is 8.60. The second-order valence-electron chi connectivity index (χ2n) is 4.79. The van der Waals surface area contributed by atoms with Crippen LogP contribution in [0.2, 0.25) is 0 Å². The number of aliphatic hydroxyl groups is 1. The molecule has 2 aromatic rings. The molecule has 0 bridgehead atoms. The molecule has 106 valence electrons. The van der Waals surface area contributed by atoms with Crippen molar-refractivity contribution in [3.8, 4) is 0 Å². The zero-order chi connectivity index (χ0) is 14.0. The number of pyridine rings is 1. The summed E-state index contributed by atoms with van der Waals surface area (Å²) in [6, 6.07) is 12.8. The largest absolute Gasteiger partial charge is 0.394 e. The lowest BCUT2D eigenvalue weighted by Crippen LogP contribution is -2.01. The minimum atomic E-state index is 0.100. The summed E-state index contributed by atoms with van der Waals surface area (Å²) < 4.78 is 5.25. The van der Waals surface area contributed by atoms with Crippen LogP contribution in [0.5, 0.6) is 0 Å². The molecule has 1 aromatic heterocycles. The zero-order valence-electron chi connectivity index (χ0n) is 11.7. The second-order valence-corrected chi connectivity index (χ2v) is 4.79. The lowest BCUT2D eigenvalue weighted by Gasteiger charge is -2.05. The summed E-state index contributed by atoms with van der Waals surface area (Å²) in [6.45, 7) is 1.24. The van der Waals surface area contributed by atoms with E-state index < -0.39 is 0 Å². The maximum absolute atomic E-state index is 8.60. The predicted molar refractivity (Wildman–Crippen MR) is 79.7 cm³/mol. The molecule has 0 saturated carbocycles. The van der Waals surface area contributed by atoms with Gasteiger partial charge in [-0.05, 0) is 42.0 Å². The van der Waals surface area contributed by atoms with Crippen molar-refractivity contribution < 1.29 is 9.84 Å². The Bertz CT molecular complexity index is 482. The Kier molecular flexibility index (Phi) is 6.21. The van der Waals surface area contributed by atoms with Crippen LogP contribution in [0.25, 0.3) is 0 Å². The number of hydrogen-bond donors (Lipinski definition) is 1. The van der Waals surface area contributed by atoms with Gasteiger partial charge >= 0.3 is 0 Å². The van der Waals surface area contributed by atoms with Gasteiger partial charge in [-0.15, -0.1) is 0 Å². The summed E-state index contributed by atoms with van der Waals surface area (Å²) in [6.07, 6.45) is 6.63. The predicted octanol–water partition coefficient (Wildman–Crippen LogP) is 2.61. The molecular formula is C17H21NO2. The minimum absolute atomic E-state index is 0.100. The molecular weight excluding hydrogens is 250 g/mol. The van der Waals surface area contributed by atoms with Crippen molar-refractivity contribution >= 4 is 0 Å². The van der Waals surface area contributed by atoms with Gasteiger partial charge in [-0.3, -0.25) is 4.98 Å². The molecule has 0 saturated heterocycles. The topological polar surface area (TPSA) is 42.4 Å².